The number of H-pyrrole nitrogens is 1. The smallest absolute Gasteiger partial charge is 0.0290 e. The molecule has 0 radical (unpaired) electrons. The van der Waals surface area contributed by atoms with Crippen LogP contribution in [0.2, 0.25) is 0 Å². The van der Waals surface area contributed by atoms with Crippen LogP contribution in [0.5, 0.6) is 0 Å². The van der Waals surface area contributed by atoms with Crippen LogP contribution in [0, 0.1) is 0 Å². The minimum absolute atomic E-state index is 0.0752. The summed E-state index contributed by atoms with van der Waals surface area (Å²) in [7, 11) is 0. The van der Waals surface area contributed by atoms with Crippen molar-refractivity contribution >= 4 is 0 Å². The van der Waals surface area contributed by atoms with Gasteiger partial charge in [0, 0.05) is 31.5 Å². The van der Waals surface area contributed by atoms with Crippen LogP contribution in [0.4, 0.5) is 0 Å². The molecule has 4 heteroatoms. The summed E-state index contributed by atoms with van der Waals surface area (Å²) in [5.41, 5.74) is 12.3. The van der Waals surface area contributed by atoms with Gasteiger partial charge < -0.3 is 21.8 Å². The Hall–Kier alpha value is -0.840. The monoisotopic (exact) mass is 182 g/mol. The highest BCUT2D eigenvalue weighted by Gasteiger charge is 1.97. The summed E-state index contributed by atoms with van der Waals surface area (Å²) in [5, 5.41) is 3.26. The van der Waals surface area contributed by atoms with E-state index in [0.717, 1.165) is 19.5 Å². The standard InChI is InChI=1S/C9H18N4/c10-5-9(11)7-13-4-2-8-1-3-12-6-8/h1,3,6,9,12-13H,2,4-5,7,10-11H2. The number of hydrogen-bond acceptors (Lipinski definition) is 3. The summed E-state index contributed by atoms with van der Waals surface area (Å²) in [6.45, 7) is 2.28. The van der Waals surface area contributed by atoms with Gasteiger partial charge in [-0.05, 0) is 24.6 Å². The van der Waals surface area contributed by atoms with Gasteiger partial charge in [0.2, 0.25) is 0 Å². The Morgan fingerprint density at radius 2 is 2.38 bits per heavy atom. The van der Waals surface area contributed by atoms with Crippen molar-refractivity contribution in [2.45, 2.75) is 12.5 Å². The fourth-order valence-electron chi connectivity index (χ4n) is 1.12. The van der Waals surface area contributed by atoms with Crippen molar-refractivity contribution in [3.05, 3.63) is 24.0 Å². The number of aromatic nitrogens is 1. The third kappa shape index (κ3) is 4.07. The van der Waals surface area contributed by atoms with E-state index in [2.05, 4.69) is 16.4 Å². The Morgan fingerprint density at radius 3 is 3.00 bits per heavy atom. The minimum Gasteiger partial charge on any atom is -0.367 e. The quantitative estimate of drug-likeness (QED) is 0.445. The third-order valence-electron chi connectivity index (χ3n) is 1.96. The van der Waals surface area contributed by atoms with Crippen LogP contribution >= 0.6 is 0 Å². The lowest BCUT2D eigenvalue weighted by Crippen LogP contribution is -2.40. The van der Waals surface area contributed by atoms with Crippen LogP contribution in [-0.2, 0) is 6.42 Å². The van der Waals surface area contributed by atoms with E-state index in [4.69, 9.17) is 11.5 Å². The summed E-state index contributed by atoms with van der Waals surface area (Å²) in [5.74, 6) is 0. The molecule has 0 saturated heterocycles. The van der Waals surface area contributed by atoms with Crippen molar-refractivity contribution in [3.63, 3.8) is 0 Å². The SMILES string of the molecule is NCC(N)CNCCc1cc[nH]c1. The van der Waals surface area contributed by atoms with Crippen LogP contribution in [0.15, 0.2) is 18.5 Å². The summed E-state index contributed by atoms with van der Waals surface area (Å²) < 4.78 is 0. The highest BCUT2D eigenvalue weighted by atomic mass is 14.9. The second-order valence-corrected chi connectivity index (χ2v) is 3.17. The van der Waals surface area contributed by atoms with Crippen LogP contribution in [0.25, 0.3) is 0 Å². The number of nitrogens with one attached hydrogen (secondary N) is 2. The Kier molecular flexibility index (Phi) is 4.53. The molecule has 1 heterocycles. The van der Waals surface area contributed by atoms with Gasteiger partial charge in [0.05, 0.1) is 0 Å². The number of hydrogen-bond donors (Lipinski definition) is 4. The predicted molar refractivity (Wildman–Crippen MR) is 54.4 cm³/mol. The molecule has 0 spiro atoms. The van der Waals surface area contributed by atoms with Crippen molar-refractivity contribution in [2.24, 2.45) is 11.5 Å². The van der Waals surface area contributed by atoms with E-state index in [0.29, 0.717) is 6.54 Å². The normalized spacial score (nSPS) is 13.1. The summed E-state index contributed by atoms with van der Waals surface area (Å²) in [4.78, 5) is 3.02. The van der Waals surface area contributed by atoms with E-state index >= 15 is 0 Å². The fraction of sp³-hybridized carbons (Fsp3) is 0.556. The van der Waals surface area contributed by atoms with Gasteiger partial charge in [-0.15, -0.1) is 0 Å². The maximum absolute atomic E-state index is 5.64. The zero-order chi connectivity index (χ0) is 9.52. The van der Waals surface area contributed by atoms with E-state index in [9.17, 15) is 0 Å². The van der Waals surface area contributed by atoms with Gasteiger partial charge in [-0.3, -0.25) is 0 Å². The van der Waals surface area contributed by atoms with Crippen molar-refractivity contribution in [1.29, 1.82) is 0 Å². The molecule has 1 rings (SSSR count). The lowest BCUT2D eigenvalue weighted by Gasteiger charge is -2.09. The van der Waals surface area contributed by atoms with Gasteiger partial charge in [-0.25, -0.2) is 0 Å². The fourth-order valence-corrected chi connectivity index (χ4v) is 1.12. The summed E-state index contributed by atoms with van der Waals surface area (Å²) >= 11 is 0. The molecule has 74 valence electrons. The summed E-state index contributed by atoms with van der Waals surface area (Å²) in [6, 6.07) is 2.15. The highest BCUT2D eigenvalue weighted by molar-refractivity contribution is 5.08. The van der Waals surface area contributed by atoms with Crippen molar-refractivity contribution in [3.8, 4) is 0 Å². The number of aromatic amines is 1. The first-order chi connectivity index (χ1) is 6.33. The first-order valence-electron chi connectivity index (χ1n) is 4.61. The van der Waals surface area contributed by atoms with Gasteiger partial charge in [-0.1, -0.05) is 0 Å². The molecule has 0 fully saturated rings. The van der Waals surface area contributed by atoms with Crippen molar-refractivity contribution in [2.75, 3.05) is 19.6 Å². The van der Waals surface area contributed by atoms with Crippen LogP contribution < -0.4 is 16.8 Å². The minimum atomic E-state index is 0.0752. The van der Waals surface area contributed by atoms with Gasteiger partial charge in [0.1, 0.15) is 0 Å². The van der Waals surface area contributed by atoms with Crippen LogP contribution in [-0.4, -0.2) is 30.7 Å². The van der Waals surface area contributed by atoms with E-state index in [1.54, 1.807) is 0 Å². The van der Waals surface area contributed by atoms with Gasteiger partial charge in [0.15, 0.2) is 0 Å². The van der Waals surface area contributed by atoms with E-state index < -0.39 is 0 Å². The highest BCUT2D eigenvalue weighted by Crippen LogP contribution is 1.95. The molecule has 1 aromatic rings. The molecule has 1 aromatic heterocycles. The molecule has 6 N–H and O–H groups in total. The summed E-state index contributed by atoms with van der Waals surface area (Å²) in [6.07, 6.45) is 4.96. The Bertz CT molecular complexity index is 207. The molecule has 1 atom stereocenters. The third-order valence-corrected chi connectivity index (χ3v) is 1.96. The first-order valence-corrected chi connectivity index (χ1v) is 4.61. The van der Waals surface area contributed by atoms with E-state index in [-0.39, 0.29) is 6.04 Å². The molecule has 0 aliphatic rings. The Labute approximate surface area is 78.7 Å². The molecule has 0 aliphatic carbocycles. The molecule has 0 bridgehead atoms. The predicted octanol–water partition coefficient (Wildman–Crippen LogP) is -0.567. The van der Waals surface area contributed by atoms with Crippen molar-refractivity contribution in [1.82, 2.24) is 10.3 Å². The van der Waals surface area contributed by atoms with E-state index in [1.165, 1.54) is 5.56 Å². The second-order valence-electron chi connectivity index (χ2n) is 3.17. The maximum Gasteiger partial charge on any atom is 0.0290 e. The average Bonchev–Trinajstić information content (AvgIpc) is 2.64. The Balaban J connectivity index is 2.02. The van der Waals surface area contributed by atoms with Gasteiger partial charge in [-0.2, -0.15) is 0 Å². The molecule has 0 aromatic carbocycles. The molecule has 0 amide bonds. The van der Waals surface area contributed by atoms with Crippen molar-refractivity contribution < 1.29 is 0 Å². The lowest BCUT2D eigenvalue weighted by molar-refractivity contribution is 0.583. The van der Waals surface area contributed by atoms with Gasteiger partial charge in [0.25, 0.3) is 0 Å². The lowest BCUT2D eigenvalue weighted by atomic mass is 10.2. The molecule has 1 unspecified atom stereocenters. The Morgan fingerprint density at radius 1 is 1.54 bits per heavy atom. The number of rotatable bonds is 6. The zero-order valence-electron chi connectivity index (χ0n) is 7.79. The average molecular weight is 182 g/mol. The molecule has 4 nitrogen and oxygen atoms in total. The topological polar surface area (TPSA) is 79.9 Å². The molecule has 0 aliphatic heterocycles. The number of nitrogens with two attached hydrogens (primary N) is 2. The largest absolute Gasteiger partial charge is 0.367 e. The van der Waals surface area contributed by atoms with Crippen LogP contribution in [0.1, 0.15) is 5.56 Å². The van der Waals surface area contributed by atoms with E-state index in [1.807, 2.05) is 12.4 Å². The maximum atomic E-state index is 5.64. The molecular formula is C9H18N4. The zero-order valence-corrected chi connectivity index (χ0v) is 7.79. The van der Waals surface area contributed by atoms with Crippen LogP contribution in [0.3, 0.4) is 0 Å². The second kappa shape index (κ2) is 5.75. The molecule has 13 heavy (non-hydrogen) atoms. The van der Waals surface area contributed by atoms with Gasteiger partial charge >= 0.3 is 0 Å². The molecule has 0 saturated carbocycles. The molecular weight excluding hydrogens is 164 g/mol. The first kappa shape index (κ1) is 10.2.